The number of anilines is 3. The summed E-state index contributed by atoms with van der Waals surface area (Å²) >= 11 is 6.01. The lowest BCUT2D eigenvalue weighted by Gasteiger charge is -2.37. The molecule has 5 nitrogen and oxygen atoms in total. The molecule has 0 bridgehead atoms. The van der Waals surface area contributed by atoms with Crippen LogP contribution < -0.4 is 15.5 Å². The van der Waals surface area contributed by atoms with Crippen molar-refractivity contribution in [2.75, 3.05) is 23.3 Å². The number of hydrogen-bond donors (Lipinski definition) is 3. The van der Waals surface area contributed by atoms with Crippen LogP contribution in [0.15, 0.2) is 48.5 Å². The maximum absolute atomic E-state index is 9.99. The minimum atomic E-state index is 0. The van der Waals surface area contributed by atoms with Crippen molar-refractivity contribution in [1.29, 1.82) is 0 Å². The molecule has 1 aromatic heterocycles. The number of nitrogens with one attached hydrogen (secondary N) is 2. The minimum Gasteiger partial charge on any atom is -0.508 e. The van der Waals surface area contributed by atoms with E-state index in [1.54, 1.807) is 12.1 Å². The quantitative estimate of drug-likeness (QED) is 0.437. The van der Waals surface area contributed by atoms with Crippen molar-refractivity contribution in [2.24, 2.45) is 0 Å². The first-order valence-electron chi connectivity index (χ1n) is 10.5. The van der Waals surface area contributed by atoms with Crippen molar-refractivity contribution >= 4 is 52.1 Å². The zero-order chi connectivity index (χ0) is 21.3. The number of piperidine rings is 1. The van der Waals surface area contributed by atoms with E-state index in [0.717, 1.165) is 54.0 Å². The summed E-state index contributed by atoms with van der Waals surface area (Å²) in [5.74, 6) is 0.970. The summed E-state index contributed by atoms with van der Waals surface area (Å²) in [4.78, 5) is 7.16. The van der Waals surface area contributed by atoms with Gasteiger partial charge in [-0.15, -0.1) is 12.4 Å². The van der Waals surface area contributed by atoms with Crippen LogP contribution in [0, 0.1) is 0 Å². The fourth-order valence-corrected chi connectivity index (χ4v) is 4.21. The first-order chi connectivity index (χ1) is 14.3. The largest absolute Gasteiger partial charge is 0.508 e. The van der Waals surface area contributed by atoms with E-state index in [4.69, 9.17) is 16.6 Å². The van der Waals surface area contributed by atoms with E-state index >= 15 is 0 Å². The molecular formula is C24H30Cl2N4O. The molecule has 166 valence electrons. The molecule has 31 heavy (non-hydrogen) atoms. The molecule has 0 saturated carbocycles. The lowest BCUT2D eigenvalue weighted by atomic mass is 9.99. The number of hydrogen-bond acceptors (Lipinski definition) is 5. The fourth-order valence-electron chi connectivity index (χ4n) is 4.08. The Labute approximate surface area is 195 Å². The monoisotopic (exact) mass is 460 g/mol. The van der Waals surface area contributed by atoms with Crippen LogP contribution in [0.25, 0.3) is 10.9 Å². The average Bonchev–Trinajstić information content (AvgIpc) is 2.68. The van der Waals surface area contributed by atoms with E-state index in [1.807, 2.05) is 30.3 Å². The fraction of sp³-hybridized carbons (Fsp3) is 0.375. The van der Waals surface area contributed by atoms with Crippen LogP contribution in [0.4, 0.5) is 17.2 Å². The number of pyridine rings is 1. The van der Waals surface area contributed by atoms with Gasteiger partial charge in [0.25, 0.3) is 0 Å². The smallest absolute Gasteiger partial charge is 0.133 e. The number of aromatic nitrogens is 1. The topological polar surface area (TPSA) is 60.4 Å². The molecule has 2 heterocycles. The summed E-state index contributed by atoms with van der Waals surface area (Å²) < 4.78 is 0. The second kappa shape index (κ2) is 9.51. The van der Waals surface area contributed by atoms with E-state index in [9.17, 15) is 5.11 Å². The third kappa shape index (κ3) is 5.94. The Kier molecular flexibility index (Phi) is 7.20. The van der Waals surface area contributed by atoms with E-state index in [0.29, 0.717) is 11.1 Å². The van der Waals surface area contributed by atoms with Crippen LogP contribution in [0.1, 0.15) is 33.6 Å². The van der Waals surface area contributed by atoms with Crippen molar-refractivity contribution in [3.8, 4) is 5.75 Å². The zero-order valence-corrected chi connectivity index (χ0v) is 19.7. The first kappa shape index (κ1) is 23.5. The third-order valence-corrected chi connectivity index (χ3v) is 5.61. The zero-order valence-electron chi connectivity index (χ0n) is 18.2. The van der Waals surface area contributed by atoms with Crippen LogP contribution in [-0.4, -0.2) is 34.8 Å². The second-order valence-corrected chi connectivity index (χ2v) is 9.45. The number of nitrogens with zero attached hydrogens (tertiary/aromatic N) is 2. The molecule has 1 aliphatic heterocycles. The van der Waals surface area contributed by atoms with Crippen molar-refractivity contribution in [2.45, 2.75) is 45.2 Å². The second-order valence-electron chi connectivity index (χ2n) is 9.02. The molecule has 0 radical (unpaired) electrons. The van der Waals surface area contributed by atoms with E-state index in [1.165, 1.54) is 0 Å². The standard InChI is InChI=1S/C24H29ClN4O.ClH/c1-24(2,3)28-18-10-12-29(13-11-18)22-15-23(26-17-6-4-16(25)5-7-17)27-21-14-19(30)8-9-20(21)22;/h4-9,14-15,18,28,30H,10-13H2,1-3H3,(H,26,27);1H. The van der Waals surface area contributed by atoms with Crippen LogP contribution in [0.2, 0.25) is 5.02 Å². The van der Waals surface area contributed by atoms with Crippen molar-refractivity contribution in [3.63, 3.8) is 0 Å². The number of benzene rings is 2. The molecular weight excluding hydrogens is 431 g/mol. The SMILES string of the molecule is CC(C)(C)NC1CCN(c2cc(Nc3ccc(Cl)cc3)nc3cc(O)ccc23)CC1.Cl. The van der Waals surface area contributed by atoms with Crippen molar-refractivity contribution in [1.82, 2.24) is 10.3 Å². The molecule has 1 aliphatic rings. The summed E-state index contributed by atoms with van der Waals surface area (Å²) in [5.41, 5.74) is 2.97. The van der Waals surface area contributed by atoms with Crippen LogP contribution >= 0.6 is 24.0 Å². The number of phenolic OH excluding ortho intramolecular Hbond substituents is 1. The highest BCUT2D eigenvalue weighted by Gasteiger charge is 2.24. The molecule has 0 aliphatic carbocycles. The highest BCUT2D eigenvalue weighted by atomic mass is 35.5. The molecule has 0 spiro atoms. The number of fused-ring (bicyclic) bond motifs is 1. The van der Waals surface area contributed by atoms with Gasteiger partial charge in [0, 0.05) is 58.6 Å². The Hall–Kier alpha value is -2.21. The minimum absolute atomic E-state index is 0. The van der Waals surface area contributed by atoms with Gasteiger partial charge in [0.2, 0.25) is 0 Å². The summed E-state index contributed by atoms with van der Waals surface area (Å²) in [6.07, 6.45) is 2.19. The number of rotatable bonds is 4. The van der Waals surface area contributed by atoms with E-state index in [2.05, 4.69) is 42.4 Å². The van der Waals surface area contributed by atoms with Gasteiger partial charge in [-0.05, 0) is 70.0 Å². The summed E-state index contributed by atoms with van der Waals surface area (Å²) in [5, 5.41) is 18.8. The van der Waals surface area contributed by atoms with Crippen LogP contribution in [0.3, 0.4) is 0 Å². The average molecular weight is 461 g/mol. The normalized spacial score (nSPS) is 15.0. The Bertz CT molecular complexity index is 1030. The molecule has 0 unspecified atom stereocenters. The van der Waals surface area contributed by atoms with Gasteiger partial charge in [0.1, 0.15) is 11.6 Å². The summed E-state index contributed by atoms with van der Waals surface area (Å²) in [6, 6.07) is 15.6. The third-order valence-electron chi connectivity index (χ3n) is 5.36. The number of halogens is 2. The van der Waals surface area contributed by atoms with Crippen molar-refractivity contribution in [3.05, 3.63) is 53.6 Å². The maximum Gasteiger partial charge on any atom is 0.133 e. The molecule has 1 fully saturated rings. The highest BCUT2D eigenvalue weighted by molar-refractivity contribution is 6.30. The van der Waals surface area contributed by atoms with Crippen LogP contribution in [0.5, 0.6) is 5.75 Å². The maximum atomic E-state index is 9.99. The Balaban J connectivity index is 0.00000272. The Morgan fingerprint density at radius 3 is 2.35 bits per heavy atom. The molecule has 2 aromatic carbocycles. The van der Waals surface area contributed by atoms with Gasteiger partial charge < -0.3 is 20.6 Å². The number of phenols is 1. The lowest BCUT2D eigenvalue weighted by molar-refractivity contribution is 0.317. The molecule has 7 heteroatoms. The summed E-state index contributed by atoms with van der Waals surface area (Å²) in [6.45, 7) is 8.62. The number of aromatic hydroxyl groups is 1. The molecule has 4 rings (SSSR count). The van der Waals surface area contributed by atoms with Gasteiger partial charge >= 0.3 is 0 Å². The van der Waals surface area contributed by atoms with Gasteiger partial charge in [0.05, 0.1) is 5.52 Å². The summed E-state index contributed by atoms with van der Waals surface area (Å²) in [7, 11) is 0. The van der Waals surface area contributed by atoms with Gasteiger partial charge in [-0.3, -0.25) is 0 Å². The van der Waals surface area contributed by atoms with Crippen molar-refractivity contribution < 1.29 is 5.11 Å². The van der Waals surface area contributed by atoms with E-state index < -0.39 is 0 Å². The molecule has 1 saturated heterocycles. The predicted octanol–water partition coefficient (Wildman–Crippen LogP) is 6.12. The van der Waals surface area contributed by atoms with Gasteiger partial charge in [0.15, 0.2) is 0 Å². The Morgan fingerprint density at radius 1 is 1.03 bits per heavy atom. The molecule has 0 amide bonds. The van der Waals surface area contributed by atoms with Gasteiger partial charge in [-0.25, -0.2) is 4.98 Å². The van der Waals surface area contributed by atoms with Gasteiger partial charge in [-0.1, -0.05) is 11.6 Å². The predicted molar refractivity (Wildman–Crippen MR) is 134 cm³/mol. The van der Waals surface area contributed by atoms with E-state index in [-0.39, 0.29) is 23.7 Å². The Morgan fingerprint density at radius 2 is 1.71 bits per heavy atom. The molecule has 3 N–H and O–H groups in total. The molecule has 3 aromatic rings. The van der Waals surface area contributed by atoms with Crippen LogP contribution in [-0.2, 0) is 0 Å². The molecule has 0 atom stereocenters. The lowest BCUT2D eigenvalue weighted by Crippen LogP contribution is -2.49. The van der Waals surface area contributed by atoms with Gasteiger partial charge in [-0.2, -0.15) is 0 Å². The highest BCUT2D eigenvalue weighted by Crippen LogP contribution is 2.33. The first-order valence-corrected chi connectivity index (χ1v) is 10.8.